The molecule has 4 heterocycles. The monoisotopic (exact) mass is 968 g/mol. The maximum absolute atomic E-state index is 6.45. The van der Waals surface area contributed by atoms with E-state index in [2.05, 4.69) is 243 Å². The summed E-state index contributed by atoms with van der Waals surface area (Å²) < 4.78 is 11.8. The number of rotatable bonds is 4. The van der Waals surface area contributed by atoms with Gasteiger partial charge in [0.2, 0.25) is 0 Å². The third-order valence-corrected chi connectivity index (χ3v) is 18.1. The van der Waals surface area contributed by atoms with E-state index in [1.165, 1.54) is 126 Å². The summed E-state index contributed by atoms with van der Waals surface area (Å²) in [5.41, 5.74) is 4.77. The van der Waals surface area contributed by atoms with Crippen molar-refractivity contribution in [2.75, 3.05) is 0 Å². The molecule has 0 N–H and O–H groups in total. The lowest BCUT2D eigenvalue weighted by Gasteiger charge is -2.11. The highest BCUT2D eigenvalue weighted by atomic mass is 32.1. The van der Waals surface area contributed by atoms with Crippen molar-refractivity contribution in [1.29, 1.82) is 0 Å². The highest BCUT2D eigenvalue weighted by molar-refractivity contribution is 7.26. The van der Waals surface area contributed by atoms with E-state index in [1.807, 2.05) is 34.0 Å². The van der Waals surface area contributed by atoms with Crippen LogP contribution in [0.2, 0.25) is 0 Å². The first-order chi connectivity index (χ1) is 35.7. The maximum atomic E-state index is 6.45. The molecular formula is C68H40OS3. The van der Waals surface area contributed by atoms with E-state index < -0.39 is 0 Å². The zero-order valence-corrected chi connectivity index (χ0v) is 41.2. The molecule has 1 nitrogen and oxygen atoms in total. The van der Waals surface area contributed by atoms with Crippen LogP contribution in [0, 0.1) is 0 Å². The molecule has 0 fully saturated rings. The second-order valence-corrected chi connectivity index (χ2v) is 21.9. The number of hydrogen-bond donors (Lipinski definition) is 0. The molecule has 0 unspecified atom stereocenters. The lowest BCUT2D eigenvalue weighted by molar-refractivity contribution is 0.597. The van der Waals surface area contributed by atoms with Crippen LogP contribution in [-0.4, -0.2) is 0 Å². The quantitative estimate of drug-likeness (QED) is 0.160. The summed E-state index contributed by atoms with van der Waals surface area (Å²) in [4.78, 5) is 2.62. The van der Waals surface area contributed by atoms with Gasteiger partial charge in [0.25, 0.3) is 0 Å². The summed E-state index contributed by atoms with van der Waals surface area (Å²) in [6.07, 6.45) is 0. The fourth-order valence-corrected chi connectivity index (χ4v) is 14.3. The van der Waals surface area contributed by atoms with Gasteiger partial charge in [-0.3, -0.25) is 0 Å². The van der Waals surface area contributed by atoms with Gasteiger partial charge in [-0.2, -0.15) is 0 Å². The van der Waals surface area contributed by atoms with Gasteiger partial charge in [0.15, 0.2) is 0 Å². The smallest absolute Gasteiger partial charge is 0.134 e. The average molecular weight is 969 g/mol. The Kier molecular flexibility index (Phi) is 9.56. The van der Waals surface area contributed by atoms with Crippen LogP contribution in [0.3, 0.4) is 0 Å². The van der Waals surface area contributed by atoms with E-state index in [0.717, 1.165) is 22.6 Å². The van der Waals surface area contributed by atoms with E-state index in [-0.39, 0.29) is 0 Å². The second kappa shape index (κ2) is 16.6. The predicted molar refractivity (Wildman–Crippen MR) is 316 cm³/mol. The van der Waals surface area contributed by atoms with Crippen molar-refractivity contribution >= 4 is 139 Å². The Hall–Kier alpha value is -8.38. The van der Waals surface area contributed by atoms with E-state index in [9.17, 15) is 0 Å². The van der Waals surface area contributed by atoms with Gasteiger partial charge in [0, 0.05) is 61.2 Å². The lowest BCUT2D eigenvalue weighted by Crippen LogP contribution is -1.84. The Morgan fingerprint density at radius 3 is 0.931 bits per heavy atom. The Bertz CT molecular complexity index is 4450. The third kappa shape index (κ3) is 6.72. The van der Waals surface area contributed by atoms with Crippen LogP contribution < -0.4 is 0 Å². The normalized spacial score (nSPS) is 11.9. The molecule has 72 heavy (non-hydrogen) atoms. The summed E-state index contributed by atoms with van der Waals surface area (Å²) in [5, 5.41) is 20.9. The minimum absolute atomic E-state index is 0.888. The van der Waals surface area contributed by atoms with Crippen LogP contribution in [0.1, 0.15) is 0 Å². The summed E-state index contributed by atoms with van der Waals surface area (Å²) in [6, 6.07) is 88.2. The molecule has 12 aromatic carbocycles. The highest BCUT2D eigenvalue weighted by Gasteiger charge is 2.16. The number of benzene rings is 12. The van der Waals surface area contributed by atoms with Crippen LogP contribution in [-0.2, 0) is 0 Å². The molecule has 0 bridgehead atoms. The topological polar surface area (TPSA) is 13.1 Å². The van der Waals surface area contributed by atoms with Gasteiger partial charge < -0.3 is 4.42 Å². The number of thiophene rings is 3. The SMILES string of the molecule is c1ccc2c(c1)sc1ccc(-c3ccc(-c4ccc5c6ccccc6c6ccccc6c5c4)o3)cc12.c1ccc2c(c1)sc1ccc(-c3ccc(-c4ccc5c6ccccc6c6ccccc6c5c4)s3)cc12. The first-order valence-electron chi connectivity index (χ1n) is 24.4. The Morgan fingerprint density at radius 1 is 0.194 bits per heavy atom. The van der Waals surface area contributed by atoms with E-state index in [1.54, 1.807) is 0 Å². The van der Waals surface area contributed by atoms with Crippen molar-refractivity contribution in [3.8, 4) is 43.5 Å². The van der Waals surface area contributed by atoms with E-state index in [4.69, 9.17) is 4.42 Å². The van der Waals surface area contributed by atoms with E-state index in [0.29, 0.717) is 0 Å². The van der Waals surface area contributed by atoms with Crippen molar-refractivity contribution in [2.24, 2.45) is 0 Å². The van der Waals surface area contributed by atoms with Crippen LogP contribution >= 0.6 is 34.0 Å². The third-order valence-electron chi connectivity index (χ3n) is 14.6. The van der Waals surface area contributed by atoms with Crippen molar-refractivity contribution in [3.63, 3.8) is 0 Å². The van der Waals surface area contributed by atoms with Gasteiger partial charge >= 0.3 is 0 Å². The average Bonchev–Trinajstić information content (AvgIpc) is 4.29. The first-order valence-corrected chi connectivity index (χ1v) is 26.8. The molecule has 4 aromatic heterocycles. The largest absolute Gasteiger partial charge is 0.456 e. The van der Waals surface area contributed by atoms with Crippen LogP contribution in [0.25, 0.3) is 149 Å². The molecule has 16 aromatic rings. The summed E-state index contributed by atoms with van der Waals surface area (Å²) >= 11 is 5.59. The number of fused-ring (bicyclic) bond motifs is 18. The Labute approximate surface area is 426 Å². The van der Waals surface area contributed by atoms with Gasteiger partial charge in [-0.15, -0.1) is 34.0 Å². The molecule has 0 amide bonds. The second-order valence-electron chi connectivity index (χ2n) is 18.6. The molecule has 0 aliphatic rings. The fraction of sp³-hybridized carbons (Fsp3) is 0. The lowest BCUT2D eigenvalue weighted by atomic mass is 9.93. The molecule has 0 atom stereocenters. The van der Waals surface area contributed by atoms with Gasteiger partial charge in [-0.1, -0.05) is 164 Å². The molecule has 4 heteroatoms. The zero-order chi connectivity index (χ0) is 47.3. The summed E-state index contributed by atoms with van der Waals surface area (Å²) in [7, 11) is 0. The number of furan rings is 1. The van der Waals surface area contributed by atoms with Crippen molar-refractivity contribution in [2.45, 2.75) is 0 Å². The minimum Gasteiger partial charge on any atom is -0.456 e. The maximum Gasteiger partial charge on any atom is 0.134 e. The molecule has 0 radical (unpaired) electrons. The van der Waals surface area contributed by atoms with Gasteiger partial charge in [-0.25, -0.2) is 0 Å². The molecule has 0 saturated carbocycles. The van der Waals surface area contributed by atoms with Gasteiger partial charge in [0.1, 0.15) is 11.5 Å². The van der Waals surface area contributed by atoms with Crippen LogP contribution in [0.4, 0.5) is 0 Å². The molecule has 336 valence electrons. The van der Waals surface area contributed by atoms with Crippen molar-refractivity contribution in [3.05, 3.63) is 243 Å². The fourth-order valence-electron chi connectivity index (χ4n) is 11.2. The standard InChI is InChI=1S/C34H20OS.C34H20S2/c1-2-9-25-23(7-1)24-8-3-4-10-26(24)29-19-21(13-15-27(25)29)31-16-17-32(35-31)22-14-18-34-30(20-22)28-11-5-6-12-33(28)36-34;1-2-9-25-23(7-1)24-8-3-4-10-26(24)29-19-21(13-15-27(25)29)31-17-18-32(35-31)22-14-16-34-30(20-22)28-11-5-6-12-33(28)36-34/h2*1-20H. The predicted octanol–water partition coefficient (Wildman–Crippen LogP) is 21.4. The molecular weight excluding hydrogens is 929 g/mol. The number of hydrogen-bond acceptors (Lipinski definition) is 4. The zero-order valence-electron chi connectivity index (χ0n) is 38.7. The molecule has 16 rings (SSSR count). The molecule has 0 aliphatic heterocycles. The Morgan fingerprint density at radius 2 is 0.486 bits per heavy atom. The minimum atomic E-state index is 0.888. The summed E-state index contributed by atoms with van der Waals surface area (Å²) in [5.74, 6) is 1.78. The van der Waals surface area contributed by atoms with Crippen molar-refractivity contribution in [1.82, 2.24) is 0 Å². The van der Waals surface area contributed by atoms with Crippen LogP contribution in [0.15, 0.2) is 247 Å². The molecule has 0 spiro atoms. The van der Waals surface area contributed by atoms with Crippen molar-refractivity contribution < 1.29 is 4.42 Å². The molecule has 0 aliphatic carbocycles. The van der Waals surface area contributed by atoms with Gasteiger partial charge in [-0.05, 0) is 155 Å². The first kappa shape index (κ1) is 41.4. The molecule has 0 saturated heterocycles. The summed E-state index contributed by atoms with van der Waals surface area (Å²) in [6.45, 7) is 0. The van der Waals surface area contributed by atoms with E-state index >= 15 is 0 Å². The van der Waals surface area contributed by atoms with Gasteiger partial charge in [0.05, 0.1) is 0 Å². The van der Waals surface area contributed by atoms with Crippen LogP contribution in [0.5, 0.6) is 0 Å². The highest BCUT2D eigenvalue weighted by Crippen LogP contribution is 2.44. The Balaban J connectivity index is 0.000000128.